The van der Waals surface area contributed by atoms with E-state index < -0.39 is 0 Å². The highest BCUT2D eigenvalue weighted by atomic mass is 16.5. The lowest BCUT2D eigenvalue weighted by molar-refractivity contribution is 0.0954. The molecule has 0 bridgehead atoms. The highest BCUT2D eigenvalue weighted by molar-refractivity contribution is 5.94. The molecule has 150 valence electrons. The number of ether oxygens (including phenoxy) is 2. The number of hydrogen-bond acceptors (Lipinski definition) is 5. The number of anilines is 2. The molecule has 0 unspecified atom stereocenters. The number of para-hydroxylation sites is 1. The second-order valence-electron chi connectivity index (χ2n) is 6.52. The van der Waals surface area contributed by atoms with Crippen molar-refractivity contribution in [1.82, 2.24) is 10.3 Å². The van der Waals surface area contributed by atoms with Crippen molar-refractivity contribution in [1.29, 1.82) is 0 Å². The lowest BCUT2D eigenvalue weighted by atomic mass is 10.1. The van der Waals surface area contributed by atoms with E-state index in [4.69, 9.17) is 9.47 Å². The Morgan fingerprint density at radius 3 is 2.45 bits per heavy atom. The van der Waals surface area contributed by atoms with Crippen molar-refractivity contribution in [2.75, 3.05) is 32.7 Å². The minimum Gasteiger partial charge on any atom is -0.493 e. The van der Waals surface area contributed by atoms with Crippen LogP contribution in [0.5, 0.6) is 11.5 Å². The average molecular weight is 391 g/mol. The molecule has 0 fully saturated rings. The van der Waals surface area contributed by atoms with E-state index >= 15 is 0 Å². The molecule has 3 rings (SSSR count). The fourth-order valence-electron chi connectivity index (χ4n) is 2.99. The number of carbonyl (C=O) groups excluding carboxylic acids is 1. The van der Waals surface area contributed by atoms with E-state index in [1.807, 2.05) is 66.5 Å². The maximum absolute atomic E-state index is 12.6. The number of nitrogens with one attached hydrogen (secondary N) is 1. The molecule has 6 nitrogen and oxygen atoms in total. The Labute approximate surface area is 171 Å². The van der Waals surface area contributed by atoms with Gasteiger partial charge in [0.25, 0.3) is 5.91 Å². The maximum atomic E-state index is 12.6. The zero-order valence-corrected chi connectivity index (χ0v) is 16.9. The molecule has 0 aliphatic rings. The SMILES string of the molecule is COc1ccc(CCNC(=O)c2cncc(N(C)c3ccccc3)c2)cc1OC. The largest absolute Gasteiger partial charge is 0.493 e. The summed E-state index contributed by atoms with van der Waals surface area (Å²) in [6, 6.07) is 17.5. The molecule has 0 aliphatic carbocycles. The molecule has 2 aromatic carbocycles. The molecule has 0 atom stereocenters. The summed E-state index contributed by atoms with van der Waals surface area (Å²) in [5, 5.41) is 2.95. The smallest absolute Gasteiger partial charge is 0.252 e. The lowest BCUT2D eigenvalue weighted by Gasteiger charge is -2.19. The summed E-state index contributed by atoms with van der Waals surface area (Å²) < 4.78 is 10.6. The van der Waals surface area contributed by atoms with Crippen LogP contribution in [-0.2, 0) is 6.42 Å². The third-order valence-corrected chi connectivity index (χ3v) is 4.66. The van der Waals surface area contributed by atoms with Crippen molar-refractivity contribution in [2.24, 2.45) is 0 Å². The van der Waals surface area contributed by atoms with Crippen molar-refractivity contribution in [2.45, 2.75) is 6.42 Å². The highest BCUT2D eigenvalue weighted by Gasteiger charge is 2.10. The fourth-order valence-corrected chi connectivity index (χ4v) is 2.99. The van der Waals surface area contributed by atoms with Gasteiger partial charge < -0.3 is 19.7 Å². The van der Waals surface area contributed by atoms with E-state index in [1.165, 1.54) is 0 Å². The molecule has 1 N–H and O–H groups in total. The Morgan fingerprint density at radius 2 is 1.72 bits per heavy atom. The van der Waals surface area contributed by atoms with Crippen LogP contribution in [-0.4, -0.2) is 38.7 Å². The van der Waals surface area contributed by atoms with Gasteiger partial charge >= 0.3 is 0 Å². The van der Waals surface area contributed by atoms with E-state index in [0.717, 1.165) is 16.9 Å². The first-order valence-corrected chi connectivity index (χ1v) is 9.35. The summed E-state index contributed by atoms with van der Waals surface area (Å²) in [6.45, 7) is 0.507. The highest BCUT2D eigenvalue weighted by Crippen LogP contribution is 2.27. The molecule has 0 aliphatic heterocycles. The standard InChI is InChI=1S/C23H25N3O3/c1-26(19-7-5-4-6-8-19)20-14-18(15-24-16-20)23(27)25-12-11-17-9-10-21(28-2)22(13-17)29-3/h4-10,13-16H,11-12H2,1-3H3,(H,25,27). The molecule has 29 heavy (non-hydrogen) atoms. The van der Waals surface area contributed by atoms with E-state index in [9.17, 15) is 4.79 Å². The van der Waals surface area contributed by atoms with Gasteiger partial charge in [-0.3, -0.25) is 9.78 Å². The van der Waals surface area contributed by atoms with Gasteiger partial charge in [-0.25, -0.2) is 0 Å². The molecule has 6 heteroatoms. The average Bonchev–Trinajstić information content (AvgIpc) is 2.79. The Hall–Kier alpha value is -3.54. The molecule has 0 radical (unpaired) electrons. The number of nitrogens with zero attached hydrogens (tertiary/aromatic N) is 2. The number of carbonyl (C=O) groups is 1. The van der Waals surface area contributed by atoms with E-state index in [1.54, 1.807) is 26.6 Å². The van der Waals surface area contributed by atoms with Crippen LogP contribution >= 0.6 is 0 Å². The van der Waals surface area contributed by atoms with Crippen LogP contribution in [0.2, 0.25) is 0 Å². The third kappa shape index (κ3) is 5.04. The van der Waals surface area contributed by atoms with Crippen molar-refractivity contribution in [3.63, 3.8) is 0 Å². The van der Waals surface area contributed by atoms with Crippen LogP contribution in [0.1, 0.15) is 15.9 Å². The molecule has 0 saturated heterocycles. The Kier molecular flexibility index (Phi) is 6.68. The summed E-state index contributed by atoms with van der Waals surface area (Å²) in [5.74, 6) is 1.21. The summed E-state index contributed by atoms with van der Waals surface area (Å²) in [5.41, 5.74) is 3.46. The molecule has 1 amide bonds. The number of pyridine rings is 1. The van der Waals surface area contributed by atoms with Gasteiger partial charge in [-0.1, -0.05) is 24.3 Å². The van der Waals surface area contributed by atoms with Gasteiger partial charge in [-0.2, -0.15) is 0 Å². The second kappa shape index (κ2) is 9.59. The Balaban J connectivity index is 1.61. The van der Waals surface area contributed by atoms with Crippen LogP contribution in [0.15, 0.2) is 67.0 Å². The normalized spacial score (nSPS) is 10.3. The zero-order valence-electron chi connectivity index (χ0n) is 16.9. The fraction of sp³-hybridized carbons (Fsp3) is 0.217. The first-order valence-electron chi connectivity index (χ1n) is 9.35. The molecule has 3 aromatic rings. The summed E-state index contributed by atoms with van der Waals surface area (Å²) >= 11 is 0. The number of aromatic nitrogens is 1. The minimum atomic E-state index is -0.152. The van der Waals surface area contributed by atoms with Crippen molar-refractivity contribution in [3.8, 4) is 11.5 Å². The first kappa shape index (κ1) is 20.2. The number of benzene rings is 2. The Morgan fingerprint density at radius 1 is 0.966 bits per heavy atom. The summed E-state index contributed by atoms with van der Waals surface area (Å²) in [6.07, 6.45) is 4.00. The first-order chi connectivity index (χ1) is 14.1. The quantitative estimate of drug-likeness (QED) is 0.632. The predicted octanol–water partition coefficient (Wildman–Crippen LogP) is 3.84. The van der Waals surface area contributed by atoms with Crippen LogP contribution in [0.4, 0.5) is 11.4 Å². The van der Waals surface area contributed by atoms with Gasteiger partial charge in [-0.05, 0) is 42.3 Å². The second-order valence-corrected chi connectivity index (χ2v) is 6.52. The van der Waals surface area contributed by atoms with Gasteiger partial charge in [0.2, 0.25) is 0 Å². The maximum Gasteiger partial charge on any atom is 0.252 e. The van der Waals surface area contributed by atoms with Gasteiger partial charge in [0.1, 0.15) is 0 Å². The lowest BCUT2D eigenvalue weighted by Crippen LogP contribution is -2.26. The number of methoxy groups -OCH3 is 2. The van der Waals surface area contributed by atoms with Crippen LogP contribution < -0.4 is 19.7 Å². The van der Waals surface area contributed by atoms with Gasteiger partial charge in [0.15, 0.2) is 11.5 Å². The molecule has 0 saturated carbocycles. The van der Waals surface area contributed by atoms with Crippen LogP contribution in [0, 0.1) is 0 Å². The Bertz CT molecular complexity index is 961. The number of hydrogen-bond donors (Lipinski definition) is 1. The summed E-state index contributed by atoms with van der Waals surface area (Å²) in [7, 11) is 5.16. The molecular formula is C23H25N3O3. The molecule has 1 aromatic heterocycles. The van der Waals surface area contributed by atoms with Crippen LogP contribution in [0.25, 0.3) is 0 Å². The van der Waals surface area contributed by atoms with Crippen molar-refractivity contribution in [3.05, 3.63) is 78.1 Å². The zero-order chi connectivity index (χ0) is 20.6. The minimum absolute atomic E-state index is 0.152. The third-order valence-electron chi connectivity index (χ3n) is 4.66. The van der Waals surface area contributed by atoms with Crippen molar-refractivity contribution < 1.29 is 14.3 Å². The molecule has 1 heterocycles. The van der Waals surface area contributed by atoms with Crippen LogP contribution in [0.3, 0.4) is 0 Å². The van der Waals surface area contributed by atoms with E-state index in [-0.39, 0.29) is 5.91 Å². The molecular weight excluding hydrogens is 366 g/mol. The van der Waals surface area contributed by atoms with E-state index in [0.29, 0.717) is 30.0 Å². The van der Waals surface area contributed by atoms with Gasteiger partial charge in [-0.15, -0.1) is 0 Å². The number of rotatable bonds is 8. The molecule has 0 spiro atoms. The predicted molar refractivity (Wildman–Crippen MR) is 114 cm³/mol. The summed E-state index contributed by atoms with van der Waals surface area (Å²) in [4.78, 5) is 18.8. The van der Waals surface area contributed by atoms with Gasteiger partial charge in [0, 0.05) is 25.5 Å². The number of amides is 1. The monoisotopic (exact) mass is 391 g/mol. The van der Waals surface area contributed by atoms with E-state index in [2.05, 4.69) is 10.3 Å². The van der Waals surface area contributed by atoms with Crippen molar-refractivity contribution >= 4 is 17.3 Å². The van der Waals surface area contributed by atoms with Gasteiger partial charge in [0.05, 0.1) is 31.7 Å². The topological polar surface area (TPSA) is 63.7 Å².